The molecule has 0 aliphatic heterocycles. The average molecular weight is 325 g/mol. The van der Waals surface area contributed by atoms with E-state index in [1.54, 1.807) is 0 Å². The standard InChI is InChI=1S/C9H7BrF2N2O4/c1-2-18-9(15)4-3-5(14(16)17)6(8(11)12)7(10)13-4/h3,8H,2H2,1H3. The van der Waals surface area contributed by atoms with E-state index in [4.69, 9.17) is 0 Å². The van der Waals surface area contributed by atoms with Crippen LogP contribution < -0.4 is 0 Å². The summed E-state index contributed by atoms with van der Waals surface area (Å²) in [4.78, 5) is 24.5. The molecule has 0 aromatic carbocycles. The van der Waals surface area contributed by atoms with Crippen molar-refractivity contribution in [3.63, 3.8) is 0 Å². The summed E-state index contributed by atoms with van der Waals surface area (Å²) in [6.45, 7) is 1.58. The summed E-state index contributed by atoms with van der Waals surface area (Å²) in [7, 11) is 0. The fraction of sp³-hybridized carbons (Fsp3) is 0.333. The van der Waals surface area contributed by atoms with Crippen molar-refractivity contribution < 1.29 is 23.2 Å². The monoisotopic (exact) mass is 324 g/mol. The Morgan fingerprint density at radius 1 is 1.67 bits per heavy atom. The third-order valence-electron chi connectivity index (χ3n) is 1.89. The minimum Gasteiger partial charge on any atom is -0.461 e. The van der Waals surface area contributed by atoms with Crippen LogP contribution in [-0.2, 0) is 4.74 Å². The Kier molecular flexibility index (Phi) is 4.65. The van der Waals surface area contributed by atoms with Crippen LogP contribution in [0.2, 0.25) is 0 Å². The van der Waals surface area contributed by atoms with Gasteiger partial charge in [-0.25, -0.2) is 18.6 Å². The summed E-state index contributed by atoms with van der Waals surface area (Å²) >= 11 is 2.68. The number of nitro groups is 1. The van der Waals surface area contributed by atoms with Crippen LogP contribution in [-0.4, -0.2) is 22.5 Å². The van der Waals surface area contributed by atoms with Gasteiger partial charge < -0.3 is 4.74 Å². The molecule has 9 heteroatoms. The maximum atomic E-state index is 12.6. The fourth-order valence-electron chi connectivity index (χ4n) is 1.17. The van der Waals surface area contributed by atoms with Gasteiger partial charge in [0.05, 0.1) is 11.5 Å². The van der Waals surface area contributed by atoms with Crippen molar-refractivity contribution in [2.75, 3.05) is 6.61 Å². The second kappa shape index (κ2) is 5.80. The van der Waals surface area contributed by atoms with Crippen molar-refractivity contribution in [1.29, 1.82) is 0 Å². The number of nitrogens with zero attached hydrogens (tertiary/aromatic N) is 2. The van der Waals surface area contributed by atoms with E-state index in [2.05, 4.69) is 25.7 Å². The first kappa shape index (κ1) is 14.4. The van der Waals surface area contributed by atoms with E-state index in [0.29, 0.717) is 6.07 Å². The zero-order chi connectivity index (χ0) is 13.9. The first-order chi connectivity index (χ1) is 8.38. The lowest BCUT2D eigenvalue weighted by Crippen LogP contribution is -2.10. The van der Waals surface area contributed by atoms with Crippen LogP contribution in [0.4, 0.5) is 14.5 Å². The Labute approximate surface area is 108 Å². The lowest BCUT2D eigenvalue weighted by Gasteiger charge is -2.06. The molecule has 0 N–H and O–H groups in total. The molecule has 0 saturated carbocycles. The van der Waals surface area contributed by atoms with Crippen molar-refractivity contribution in [3.05, 3.63) is 32.0 Å². The van der Waals surface area contributed by atoms with E-state index in [0.717, 1.165) is 0 Å². The summed E-state index contributed by atoms with van der Waals surface area (Å²) in [6.07, 6.45) is -3.08. The molecule has 18 heavy (non-hydrogen) atoms. The van der Waals surface area contributed by atoms with Crippen molar-refractivity contribution in [3.8, 4) is 0 Å². The largest absolute Gasteiger partial charge is 0.461 e. The van der Waals surface area contributed by atoms with Gasteiger partial charge in [0.15, 0.2) is 5.69 Å². The second-order valence-corrected chi connectivity index (χ2v) is 3.76. The molecule has 1 heterocycles. The van der Waals surface area contributed by atoms with Gasteiger partial charge >= 0.3 is 5.97 Å². The quantitative estimate of drug-likeness (QED) is 0.368. The highest BCUT2D eigenvalue weighted by Gasteiger charge is 2.28. The third-order valence-corrected chi connectivity index (χ3v) is 2.49. The van der Waals surface area contributed by atoms with E-state index >= 15 is 0 Å². The number of hydrogen-bond acceptors (Lipinski definition) is 5. The molecule has 0 radical (unpaired) electrons. The number of ether oxygens (including phenoxy) is 1. The van der Waals surface area contributed by atoms with Gasteiger partial charge in [0, 0.05) is 6.07 Å². The van der Waals surface area contributed by atoms with Gasteiger partial charge in [-0.3, -0.25) is 10.1 Å². The van der Waals surface area contributed by atoms with Crippen molar-refractivity contribution in [2.24, 2.45) is 0 Å². The Balaban J connectivity index is 3.36. The van der Waals surface area contributed by atoms with E-state index in [1.165, 1.54) is 6.92 Å². The van der Waals surface area contributed by atoms with Gasteiger partial charge in [-0.15, -0.1) is 0 Å². The summed E-state index contributed by atoms with van der Waals surface area (Å²) in [5, 5.41) is 10.7. The maximum Gasteiger partial charge on any atom is 0.357 e. The smallest absolute Gasteiger partial charge is 0.357 e. The number of halogens is 3. The van der Waals surface area contributed by atoms with Gasteiger partial charge in [0.25, 0.3) is 12.1 Å². The highest BCUT2D eigenvalue weighted by molar-refractivity contribution is 9.10. The summed E-state index contributed by atoms with van der Waals surface area (Å²) in [6, 6.07) is 0.671. The van der Waals surface area contributed by atoms with Gasteiger partial charge in [-0.1, -0.05) is 0 Å². The minimum atomic E-state index is -3.08. The number of carbonyl (C=O) groups excluding carboxylic acids is 1. The predicted molar refractivity (Wildman–Crippen MR) is 59.5 cm³/mol. The molecule has 0 spiro atoms. The fourth-order valence-corrected chi connectivity index (χ4v) is 1.74. The predicted octanol–water partition coefficient (Wildman–Crippen LogP) is 2.87. The zero-order valence-corrected chi connectivity index (χ0v) is 10.6. The molecule has 0 saturated heterocycles. The Morgan fingerprint density at radius 2 is 2.28 bits per heavy atom. The third kappa shape index (κ3) is 2.97. The number of pyridine rings is 1. The Bertz CT molecular complexity index is 496. The second-order valence-electron chi connectivity index (χ2n) is 3.01. The first-order valence-corrected chi connectivity index (χ1v) is 5.47. The van der Waals surface area contributed by atoms with Crippen LogP contribution in [0.15, 0.2) is 10.7 Å². The van der Waals surface area contributed by atoms with Crippen LogP contribution >= 0.6 is 15.9 Å². The molecule has 0 amide bonds. The molecule has 6 nitrogen and oxygen atoms in total. The normalized spacial score (nSPS) is 10.5. The summed E-state index contributed by atoms with van der Waals surface area (Å²) in [5.74, 6) is -0.915. The molecule has 0 bridgehead atoms. The molecule has 1 aromatic rings. The number of hydrogen-bond donors (Lipinski definition) is 0. The number of esters is 1. The topological polar surface area (TPSA) is 82.3 Å². The molecule has 0 atom stereocenters. The van der Waals surface area contributed by atoms with Crippen molar-refractivity contribution in [1.82, 2.24) is 4.98 Å². The number of rotatable bonds is 4. The molecule has 0 unspecified atom stereocenters. The molecule has 0 fully saturated rings. The molecule has 1 aromatic heterocycles. The Hall–Kier alpha value is -1.64. The molecular formula is C9H7BrF2N2O4. The number of alkyl halides is 2. The molecule has 0 aliphatic rings. The average Bonchev–Trinajstić information content (AvgIpc) is 2.27. The molecule has 0 aliphatic carbocycles. The highest BCUT2D eigenvalue weighted by Crippen LogP contribution is 2.34. The van der Waals surface area contributed by atoms with Gasteiger partial charge in [-0.2, -0.15) is 0 Å². The van der Waals surface area contributed by atoms with E-state index in [1.807, 2.05) is 0 Å². The van der Waals surface area contributed by atoms with Gasteiger partial charge in [0.2, 0.25) is 0 Å². The Morgan fingerprint density at radius 3 is 2.72 bits per heavy atom. The maximum absolute atomic E-state index is 12.6. The van der Waals surface area contributed by atoms with Crippen LogP contribution in [0.5, 0.6) is 0 Å². The van der Waals surface area contributed by atoms with Crippen LogP contribution in [0.1, 0.15) is 29.4 Å². The SMILES string of the molecule is CCOC(=O)c1cc([N+](=O)[O-])c(C(F)F)c(Br)n1. The van der Waals surface area contributed by atoms with Crippen LogP contribution in [0.25, 0.3) is 0 Å². The van der Waals surface area contributed by atoms with Gasteiger partial charge in [0.1, 0.15) is 10.2 Å². The van der Waals surface area contributed by atoms with Crippen molar-refractivity contribution >= 4 is 27.6 Å². The first-order valence-electron chi connectivity index (χ1n) is 4.68. The van der Waals surface area contributed by atoms with Gasteiger partial charge in [-0.05, 0) is 22.9 Å². The lowest BCUT2D eigenvalue weighted by atomic mass is 10.2. The van der Waals surface area contributed by atoms with Crippen molar-refractivity contribution in [2.45, 2.75) is 13.3 Å². The molecule has 1 rings (SSSR count). The minimum absolute atomic E-state index is 0.0442. The number of aromatic nitrogens is 1. The number of carbonyl (C=O) groups is 1. The van der Waals surface area contributed by atoms with Crippen LogP contribution in [0.3, 0.4) is 0 Å². The zero-order valence-electron chi connectivity index (χ0n) is 9.02. The lowest BCUT2D eigenvalue weighted by molar-refractivity contribution is -0.386. The van der Waals surface area contributed by atoms with E-state index in [-0.39, 0.29) is 6.61 Å². The van der Waals surface area contributed by atoms with Crippen LogP contribution in [0, 0.1) is 10.1 Å². The summed E-state index contributed by atoms with van der Waals surface area (Å²) < 4.78 is 29.4. The highest BCUT2D eigenvalue weighted by atomic mass is 79.9. The molecule has 98 valence electrons. The summed E-state index contributed by atoms with van der Waals surface area (Å²) in [5.41, 5.74) is -2.15. The van der Waals surface area contributed by atoms with E-state index < -0.39 is 38.9 Å². The van der Waals surface area contributed by atoms with E-state index in [9.17, 15) is 23.7 Å². The molecular weight excluding hydrogens is 318 g/mol.